The molecule has 1 aliphatic rings. The standard InChI is InChI=1S/C31H36N2O10S2/c1-37-20-16-21(38-2)27-22(17-20)43-29(19-14-23(39-3)30(41-5)24(15-19)40-4)31(28(27)34)42-12-7-10-33-11-9-32-25(18-33)45(35,36)26-8-6-13-44-26/h6,8,13-17,25,32H,7,9-12,18H2,1-5H3. The van der Waals surface area contributed by atoms with E-state index in [-0.39, 0.29) is 34.8 Å². The molecule has 4 aromatic rings. The molecule has 0 aliphatic carbocycles. The van der Waals surface area contributed by atoms with Gasteiger partial charge >= 0.3 is 0 Å². The maximum atomic E-state index is 14.0. The summed E-state index contributed by atoms with van der Waals surface area (Å²) in [5, 5.41) is 4.39. The van der Waals surface area contributed by atoms with E-state index >= 15 is 0 Å². The van der Waals surface area contributed by atoms with Crippen molar-refractivity contribution >= 4 is 32.1 Å². The quantitative estimate of drug-likeness (QED) is 0.208. The number of nitrogens with one attached hydrogen (secondary N) is 1. The molecule has 1 saturated heterocycles. The Labute approximate surface area is 265 Å². The summed E-state index contributed by atoms with van der Waals surface area (Å²) in [4.78, 5) is 16.1. The third kappa shape index (κ3) is 6.54. The van der Waals surface area contributed by atoms with Crippen LogP contribution in [0.15, 0.2) is 55.2 Å². The topological polar surface area (TPSA) is 135 Å². The van der Waals surface area contributed by atoms with Crippen LogP contribution in [0.25, 0.3) is 22.3 Å². The zero-order valence-corrected chi connectivity index (χ0v) is 27.3. The van der Waals surface area contributed by atoms with Crippen molar-refractivity contribution in [2.75, 3.05) is 68.3 Å². The maximum Gasteiger partial charge on any atom is 0.239 e. The fourth-order valence-corrected chi connectivity index (χ4v) is 8.06. The first-order valence-corrected chi connectivity index (χ1v) is 16.6. The fraction of sp³-hybridized carbons (Fsp3) is 0.387. The number of rotatable bonds is 13. The van der Waals surface area contributed by atoms with E-state index in [4.69, 9.17) is 32.8 Å². The highest BCUT2D eigenvalue weighted by Crippen LogP contribution is 2.44. The summed E-state index contributed by atoms with van der Waals surface area (Å²) in [5.41, 5.74) is 0.277. The van der Waals surface area contributed by atoms with Crippen molar-refractivity contribution in [3.05, 3.63) is 52.0 Å². The number of benzene rings is 2. The second-order valence-corrected chi connectivity index (χ2v) is 13.4. The Morgan fingerprint density at radius 2 is 1.69 bits per heavy atom. The van der Waals surface area contributed by atoms with Crippen LogP contribution in [0.2, 0.25) is 0 Å². The lowest BCUT2D eigenvalue weighted by Gasteiger charge is -2.33. The summed E-state index contributed by atoms with van der Waals surface area (Å²) < 4.78 is 66.4. The second-order valence-electron chi connectivity index (χ2n) is 10.1. The Morgan fingerprint density at radius 3 is 2.31 bits per heavy atom. The summed E-state index contributed by atoms with van der Waals surface area (Å²) in [6.07, 6.45) is 0.525. The Balaban J connectivity index is 1.44. The molecule has 12 nitrogen and oxygen atoms in total. The van der Waals surface area contributed by atoms with Crippen molar-refractivity contribution < 1.29 is 41.3 Å². The zero-order chi connectivity index (χ0) is 32.1. The van der Waals surface area contributed by atoms with Gasteiger partial charge in [-0.05, 0) is 30.0 Å². The van der Waals surface area contributed by atoms with Gasteiger partial charge in [-0.1, -0.05) is 6.07 Å². The Hall–Kier alpha value is -3.98. The highest BCUT2D eigenvalue weighted by Gasteiger charge is 2.32. The monoisotopic (exact) mass is 660 g/mol. The smallest absolute Gasteiger partial charge is 0.239 e. The van der Waals surface area contributed by atoms with Crippen molar-refractivity contribution in [3.63, 3.8) is 0 Å². The van der Waals surface area contributed by atoms with Crippen LogP contribution in [-0.4, -0.2) is 87.0 Å². The van der Waals surface area contributed by atoms with E-state index in [1.807, 2.05) is 0 Å². The molecule has 1 atom stereocenters. The van der Waals surface area contributed by atoms with Crippen LogP contribution < -0.4 is 39.2 Å². The highest BCUT2D eigenvalue weighted by molar-refractivity contribution is 7.94. The molecule has 0 bridgehead atoms. The Morgan fingerprint density at radius 1 is 0.956 bits per heavy atom. The van der Waals surface area contributed by atoms with Gasteiger partial charge in [-0.15, -0.1) is 11.3 Å². The molecule has 3 heterocycles. The highest BCUT2D eigenvalue weighted by atomic mass is 32.2. The van der Waals surface area contributed by atoms with E-state index in [1.165, 1.54) is 46.9 Å². The normalized spacial score (nSPS) is 15.5. The van der Waals surface area contributed by atoms with E-state index in [0.29, 0.717) is 65.4 Å². The Kier molecular flexibility index (Phi) is 10.1. The molecular weight excluding hydrogens is 624 g/mol. The largest absolute Gasteiger partial charge is 0.496 e. The van der Waals surface area contributed by atoms with Crippen LogP contribution in [0, 0.1) is 0 Å². The lowest BCUT2D eigenvalue weighted by atomic mass is 10.1. The van der Waals surface area contributed by atoms with Gasteiger partial charge in [-0.3, -0.25) is 15.0 Å². The van der Waals surface area contributed by atoms with Gasteiger partial charge in [0, 0.05) is 43.9 Å². The molecule has 2 aromatic carbocycles. The minimum absolute atomic E-state index is 0.0151. The van der Waals surface area contributed by atoms with Crippen LogP contribution in [-0.2, 0) is 9.84 Å². The van der Waals surface area contributed by atoms with Gasteiger partial charge in [0.1, 0.15) is 32.1 Å². The minimum atomic E-state index is -3.49. The predicted octanol–water partition coefficient (Wildman–Crippen LogP) is 4.04. The molecule has 0 amide bonds. The van der Waals surface area contributed by atoms with Crippen LogP contribution in [0.5, 0.6) is 34.5 Å². The predicted molar refractivity (Wildman–Crippen MR) is 171 cm³/mol. The van der Waals surface area contributed by atoms with E-state index in [0.717, 1.165) is 0 Å². The first-order valence-electron chi connectivity index (χ1n) is 14.1. The summed E-state index contributed by atoms with van der Waals surface area (Å²) in [6, 6.07) is 9.91. The van der Waals surface area contributed by atoms with Crippen molar-refractivity contribution in [2.45, 2.75) is 16.0 Å². The first-order chi connectivity index (χ1) is 21.7. The average molecular weight is 661 g/mol. The van der Waals surface area contributed by atoms with E-state index in [9.17, 15) is 13.2 Å². The number of ether oxygens (including phenoxy) is 6. The van der Waals surface area contributed by atoms with Gasteiger partial charge in [0.05, 0.1) is 42.2 Å². The van der Waals surface area contributed by atoms with Crippen molar-refractivity contribution in [3.8, 4) is 45.8 Å². The van der Waals surface area contributed by atoms with Gasteiger partial charge < -0.3 is 32.8 Å². The number of sulfone groups is 1. The number of hydrogen-bond donors (Lipinski definition) is 1. The number of hydrogen-bond acceptors (Lipinski definition) is 13. The van der Waals surface area contributed by atoms with Crippen LogP contribution in [0.1, 0.15) is 6.42 Å². The summed E-state index contributed by atoms with van der Waals surface area (Å²) in [5.74, 6) is 1.99. The van der Waals surface area contributed by atoms with Crippen LogP contribution >= 0.6 is 11.3 Å². The number of methoxy groups -OCH3 is 5. The summed E-state index contributed by atoms with van der Waals surface area (Å²) in [6.45, 7) is 2.30. The lowest BCUT2D eigenvalue weighted by molar-refractivity contribution is 0.202. The van der Waals surface area contributed by atoms with Gasteiger partial charge in [-0.2, -0.15) is 0 Å². The molecule has 0 radical (unpaired) electrons. The van der Waals surface area contributed by atoms with Gasteiger partial charge in [0.15, 0.2) is 17.3 Å². The molecule has 2 aromatic heterocycles. The second kappa shape index (κ2) is 14.0. The fourth-order valence-electron chi connectivity index (χ4n) is 5.27. The molecule has 0 saturated carbocycles. The molecule has 1 unspecified atom stereocenters. The molecule has 14 heteroatoms. The third-order valence-electron chi connectivity index (χ3n) is 7.51. The first kappa shape index (κ1) is 32.4. The van der Waals surface area contributed by atoms with E-state index in [2.05, 4.69) is 10.2 Å². The molecular formula is C31H36N2O10S2. The molecule has 5 rings (SSSR count). The van der Waals surface area contributed by atoms with Crippen molar-refractivity contribution in [1.29, 1.82) is 0 Å². The third-order valence-corrected chi connectivity index (χ3v) is 10.9. The van der Waals surface area contributed by atoms with Gasteiger partial charge in [-0.25, -0.2) is 8.42 Å². The Bertz CT molecular complexity index is 1780. The number of thiophene rings is 1. The summed E-state index contributed by atoms with van der Waals surface area (Å²) in [7, 11) is 3.98. The van der Waals surface area contributed by atoms with Crippen molar-refractivity contribution in [1.82, 2.24) is 10.2 Å². The van der Waals surface area contributed by atoms with E-state index in [1.54, 1.807) is 41.8 Å². The zero-order valence-electron chi connectivity index (χ0n) is 25.7. The molecule has 0 spiro atoms. The molecule has 242 valence electrons. The maximum absolute atomic E-state index is 14.0. The number of nitrogens with zero attached hydrogens (tertiary/aromatic N) is 1. The van der Waals surface area contributed by atoms with E-state index < -0.39 is 20.6 Å². The van der Waals surface area contributed by atoms with Gasteiger partial charge in [0.2, 0.25) is 26.8 Å². The molecule has 1 N–H and O–H groups in total. The van der Waals surface area contributed by atoms with Crippen molar-refractivity contribution in [2.24, 2.45) is 0 Å². The van der Waals surface area contributed by atoms with Crippen LogP contribution in [0.4, 0.5) is 0 Å². The number of fused-ring (bicyclic) bond motifs is 1. The van der Waals surface area contributed by atoms with Crippen LogP contribution in [0.3, 0.4) is 0 Å². The summed E-state index contributed by atoms with van der Waals surface area (Å²) >= 11 is 1.21. The molecule has 1 fully saturated rings. The minimum Gasteiger partial charge on any atom is -0.496 e. The molecule has 1 aliphatic heterocycles. The average Bonchev–Trinajstić information content (AvgIpc) is 3.62. The lowest BCUT2D eigenvalue weighted by Crippen LogP contribution is -2.54. The SMILES string of the molecule is COc1cc(OC)c2c(=O)c(OCCCN3CCNC(S(=O)(=O)c4cccs4)C3)c(-c3cc(OC)c(OC)c(OC)c3)oc2c1. The van der Waals surface area contributed by atoms with Gasteiger partial charge in [0.25, 0.3) is 0 Å². The number of piperazine rings is 1. The molecule has 45 heavy (non-hydrogen) atoms.